The quantitative estimate of drug-likeness (QED) is 0.533. The van der Waals surface area contributed by atoms with Crippen LogP contribution in [-0.2, 0) is 0 Å². The van der Waals surface area contributed by atoms with Gasteiger partial charge in [-0.3, -0.25) is 14.2 Å². The SMILES string of the molecule is COc1ccc(NC(=O)c2ccc3c(=O)n(-c4ccc(OC)cc4)c(C)nc3c2)cc1. The van der Waals surface area contributed by atoms with Gasteiger partial charge in [0.25, 0.3) is 11.5 Å². The Morgan fingerprint density at radius 3 is 2.13 bits per heavy atom. The molecular formula is C24H21N3O4. The van der Waals surface area contributed by atoms with Gasteiger partial charge in [0.05, 0.1) is 30.8 Å². The molecule has 0 saturated heterocycles. The van der Waals surface area contributed by atoms with Crippen molar-refractivity contribution in [1.29, 1.82) is 0 Å². The van der Waals surface area contributed by atoms with Crippen LogP contribution in [0, 0.1) is 6.92 Å². The van der Waals surface area contributed by atoms with Gasteiger partial charge >= 0.3 is 0 Å². The highest BCUT2D eigenvalue weighted by molar-refractivity contribution is 6.06. The molecule has 1 N–H and O–H groups in total. The number of nitrogens with zero attached hydrogens (tertiary/aromatic N) is 2. The lowest BCUT2D eigenvalue weighted by Gasteiger charge is -2.12. The lowest BCUT2D eigenvalue weighted by Crippen LogP contribution is -2.22. The second-order valence-corrected chi connectivity index (χ2v) is 6.91. The summed E-state index contributed by atoms with van der Waals surface area (Å²) in [5.41, 5.74) is 2.02. The Bertz CT molecular complexity index is 1310. The Labute approximate surface area is 178 Å². The lowest BCUT2D eigenvalue weighted by atomic mass is 10.1. The fourth-order valence-corrected chi connectivity index (χ4v) is 3.35. The molecule has 0 unspecified atom stereocenters. The van der Waals surface area contributed by atoms with E-state index in [0.717, 1.165) is 0 Å². The van der Waals surface area contributed by atoms with Crippen LogP contribution in [0.25, 0.3) is 16.6 Å². The van der Waals surface area contributed by atoms with Crippen LogP contribution in [0.3, 0.4) is 0 Å². The van der Waals surface area contributed by atoms with E-state index in [9.17, 15) is 9.59 Å². The van der Waals surface area contributed by atoms with Crippen LogP contribution < -0.4 is 20.3 Å². The van der Waals surface area contributed by atoms with Gasteiger partial charge in [0, 0.05) is 11.3 Å². The van der Waals surface area contributed by atoms with Gasteiger partial charge in [0.15, 0.2) is 0 Å². The molecule has 1 aromatic heterocycles. The first kappa shape index (κ1) is 20.2. The molecule has 0 aliphatic heterocycles. The number of nitrogens with one attached hydrogen (secondary N) is 1. The Hall–Kier alpha value is -4.13. The smallest absolute Gasteiger partial charge is 0.265 e. The van der Waals surface area contributed by atoms with Crippen molar-refractivity contribution in [3.63, 3.8) is 0 Å². The minimum Gasteiger partial charge on any atom is -0.497 e. The first-order valence-corrected chi connectivity index (χ1v) is 9.63. The highest BCUT2D eigenvalue weighted by atomic mass is 16.5. The van der Waals surface area contributed by atoms with Gasteiger partial charge < -0.3 is 14.8 Å². The van der Waals surface area contributed by atoms with Gasteiger partial charge in [-0.1, -0.05) is 0 Å². The zero-order valence-corrected chi connectivity index (χ0v) is 17.4. The number of amides is 1. The van der Waals surface area contributed by atoms with E-state index in [1.165, 1.54) is 0 Å². The van der Waals surface area contributed by atoms with Crippen molar-refractivity contribution in [1.82, 2.24) is 9.55 Å². The van der Waals surface area contributed by atoms with E-state index < -0.39 is 0 Å². The maximum absolute atomic E-state index is 13.1. The van der Waals surface area contributed by atoms with Crippen molar-refractivity contribution in [3.05, 3.63) is 88.5 Å². The molecule has 31 heavy (non-hydrogen) atoms. The summed E-state index contributed by atoms with van der Waals surface area (Å²) in [6.07, 6.45) is 0. The van der Waals surface area contributed by atoms with Gasteiger partial charge in [0.1, 0.15) is 17.3 Å². The van der Waals surface area contributed by atoms with E-state index in [4.69, 9.17) is 9.47 Å². The molecule has 0 aliphatic carbocycles. The second-order valence-electron chi connectivity index (χ2n) is 6.91. The second kappa shape index (κ2) is 8.31. The highest BCUT2D eigenvalue weighted by Crippen LogP contribution is 2.19. The van der Waals surface area contributed by atoms with E-state index in [-0.39, 0.29) is 11.5 Å². The van der Waals surface area contributed by atoms with E-state index in [1.54, 1.807) is 92.4 Å². The molecule has 7 nitrogen and oxygen atoms in total. The molecule has 156 valence electrons. The number of hydrogen-bond donors (Lipinski definition) is 1. The molecule has 4 rings (SSSR count). The first-order valence-electron chi connectivity index (χ1n) is 9.63. The van der Waals surface area contributed by atoms with Crippen LogP contribution in [-0.4, -0.2) is 29.7 Å². The van der Waals surface area contributed by atoms with Gasteiger partial charge in [-0.2, -0.15) is 0 Å². The Morgan fingerprint density at radius 2 is 1.52 bits per heavy atom. The topological polar surface area (TPSA) is 82.5 Å². The number of fused-ring (bicyclic) bond motifs is 1. The molecule has 3 aromatic carbocycles. The van der Waals surface area contributed by atoms with Crippen molar-refractivity contribution in [2.24, 2.45) is 0 Å². The largest absolute Gasteiger partial charge is 0.497 e. The monoisotopic (exact) mass is 415 g/mol. The number of carbonyl (C=O) groups is 1. The maximum Gasteiger partial charge on any atom is 0.265 e. The molecule has 1 amide bonds. The zero-order valence-electron chi connectivity index (χ0n) is 17.4. The normalized spacial score (nSPS) is 10.7. The van der Waals surface area contributed by atoms with E-state index >= 15 is 0 Å². The van der Waals surface area contributed by atoms with Crippen molar-refractivity contribution in [2.75, 3.05) is 19.5 Å². The minimum absolute atomic E-state index is 0.199. The molecule has 1 heterocycles. The van der Waals surface area contributed by atoms with Gasteiger partial charge in [-0.15, -0.1) is 0 Å². The standard InChI is InChI=1S/C24H21N3O4/c1-15-25-22-14-16(23(28)26-17-5-9-19(30-2)10-6-17)4-13-21(22)24(29)27(15)18-7-11-20(31-3)12-8-18/h4-14H,1-3H3,(H,26,28). The highest BCUT2D eigenvalue weighted by Gasteiger charge is 2.13. The molecule has 0 fully saturated rings. The molecule has 0 bridgehead atoms. The van der Waals surface area contributed by atoms with E-state index in [1.807, 2.05) is 0 Å². The van der Waals surface area contributed by atoms with Crippen LogP contribution in [0.15, 0.2) is 71.5 Å². The summed E-state index contributed by atoms with van der Waals surface area (Å²) < 4.78 is 11.8. The van der Waals surface area contributed by atoms with E-state index in [0.29, 0.717) is 45.2 Å². The summed E-state index contributed by atoms with van der Waals surface area (Å²) in [5.74, 6) is 1.65. The Balaban J connectivity index is 1.67. The van der Waals surface area contributed by atoms with Crippen LogP contribution in [0.4, 0.5) is 5.69 Å². The van der Waals surface area contributed by atoms with Crippen LogP contribution in [0.2, 0.25) is 0 Å². The predicted molar refractivity (Wildman–Crippen MR) is 120 cm³/mol. The van der Waals surface area contributed by atoms with Gasteiger partial charge in [0.2, 0.25) is 0 Å². The number of aryl methyl sites for hydroxylation is 1. The molecule has 7 heteroatoms. The van der Waals surface area contributed by atoms with Gasteiger partial charge in [-0.05, 0) is 73.7 Å². The number of carbonyl (C=O) groups excluding carboxylic acids is 1. The fraction of sp³-hybridized carbons (Fsp3) is 0.125. The van der Waals surface area contributed by atoms with Crippen LogP contribution in [0.1, 0.15) is 16.2 Å². The summed E-state index contributed by atoms with van der Waals surface area (Å²) in [4.78, 5) is 30.3. The van der Waals surface area contributed by atoms with Gasteiger partial charge in [-0.25, -0.2) is 4.98 Å². The average Bonchev–Trinajstić information content (AvgIpc) is 2.79. The van der Waals surface area contributed by atoms with Crippen molar-refractivity contribution >= 4 is 22.5 Å². The third kappa shape index (κ3) is 3.98. The van der Waals surface area contributed by atoms with Crippen molar-refractivity contribution in [3.8, 4) is 17.2 Å². The van der Waals surface area contributed by atoms with Crippen molar-refractivity contribution in [2.45, 2.75) is 6.92 Å². The molecule has 0 aliphatic rings. The summed E-state index contributed by atoms with van der Waals surface area (Å²) in [6.45, 7) is 1.76. The van der Waals surface area contributed by atoms with E-state index in [2.05, 4.69) is 10.3 Å². The Morgan fingerprint density at radius 1 is 0.903 bits per heavy atom. The summed E-state index contributed by atoms with van der Waals surface area (Å²) >= 11 is 0. The maximum atomic E-state index is 13.1. The molecule has 4 aromatic rings. The number of methoxy groups -OCH3 is 2. The summed E-state index contributed by atoms with van der Waals surface area (Å²) in [6, 6.07) is 19.1. The number of anilines is 1. The molecule has 0 spiro atoms. The zero-order chi connectivity index (χ0) is 22.0. The summed E-state index contributed by atoms with van der Waals surface area (Å²) in [5, 5.41) is 3.27. The third-order valence-corrected chi connectivity index (χ3v) is 4.98. The Kier molecular flexibility index (Phi) is 5.41. The molecule has 0 radical (unpaired) electrons. The van der Waals surface area contributed by atoms with Crippen LogP contribution in [0.5, 0.6) is 11.5 Å². The lowest BCUT2D eigenvalue weighted by molar-refractivity contribution is 0.102. The fourth-order valence-electron chi connectivity index (χ4n) is 3.35. The molecule has 0 saturated carbocycles. The van der Waals surface area contributed by atoms with Crippen molar-refractivity contribution < 1.29 is 14.3 Å². The number of rotatable bonds is 5. The number of aromatic nitrogens is 2. The number of ether oxygens (including phenoxy) is 2. The average molecular weight is 415 g/mol. The third-order valence-electron chi connectivity index (χ3n) is 4.98. The van der Waals surface area contributed by atoms with Crippen LogP contribution >= 0.6 is 0 Å². The molecule has 0 atom stereocenters. The minimum atomic E-state index is -0.286. The number of benzene rings is 3. The first-order chi connectivity index (χ1) is 15.0. The molecular weight excluding hydrogens is 394 g/mol. The summed E-state index contributed by atoms with van der Waals surface area (Å²) in [7, 11) is 3.17. The predicted octanol–water partition coefficient (Wildman–Crippen LogP) is 3.96. The number of hydrogen-bond acceptors (Lipinski definition) is 5.